The number of rotatable bonds is 6. The zero-order valence-electron chi connectivity index (χ0n) is 13.0. The highest BCUT2D eigenvalue weighted by Crippen LogP contribution is 2.34. The van der Waals surface area contributed by atoms with Gasteiger partial charge in [-0.05, 0) is 25.0 Å². The molecule has 1 aromatic heterocycles. The van der Waals surface area contributed by atoms with Gasteiger partial charge in [-0.1, -0.05) is 23.5 Å². The maximum atomic E-state index is 12.5. The van der Waals surface area contributed by atoms with E-state index in [2.05, 4.69) is 10.3 Å². The molecule has 0 fully saturated rings. The Morgan fingerprint density at radius 3 is 2.28 bits per heavy atom. The highest BCUT2D eigenvalue weighted by Gasteiger charge is 2.34. The number of nitrogens with zero attached hydrogens (tertiary/aromatic N) is 2. The van der Waals surface area contributed by atoms with E-state index in [1.165, 1.54) is 4.90 Å². The molecule has 0 saturated heterocycles. The van der Waals surface area contributed by atoms with Crippen LogP contribution >= 0.6 is 11.3 Å². The maximum Gasteiger partial charge on any atom is 0.427 e. The van der Waals surface area contributed by atoms with Crippen molar-refractivity contribution in [3.63, 3.8) is 0 Å². The van der Waals surface area contributed by atoms with Crippen LogP contribution in [0.5, 0.6) is 0 Å². The molecule has 2 aromatic rings. The van der Waals surface area contributed by atoms with E-state index in [-0.39, 0.29) is 23.5 Å². The summed E-state index contributed by atoms with van der Waals surface area (Å²) >= 11 is 0.550. The smallest absolute Gasteiger partial charge is 0.362 e. The minimum Gasteiger partial charge on any atom is -0.362 e. The van der Waals surface area contributed by atoms with Gasteiger partial charge in [0.25, 0.3) is 11.8 Å². The van der Waals surface area contributed by atoms with Gasteiger partial charge in [-0.15, -0.1) is 0 Å². The van der Waals surface area contributed by atoms with Crippen LogP contribution in [0.3, 0.4) is 0 Å². The predicted molar refractivity (Wildman–Crippen MR) is 86.6 cm³/mol. The highest BCUT2D eigenvalue weighted by molar-refractivity contribution is 7.15. The fourth-order valence-corrected chi connectivity index (χ4v) is 3.23. The minimum atomic E-state index is -4.39. The summed E-state index contributed by atoms with van der Waals surface area (Å²) in [6, 6.07) is 6.66. The SMILES string of the molecule is O=C1c2ccccc2C(=O)N1CCCCNc1ncc(C(F)(F)F)s1. The van der Waals surface area contributed by atoms with Crippen molar-refractivity contribution in [1.82, 2.24) is 9.88 Å². The number of unbranched alkanes of at least 4 members (excludes halogenated alkanes) is 1. The summed E-state index contributed by atoms with van der Waals surface area (Å²) in [7, 11) is 0. The first-order valence-electron chi connectivity index (χ1n) is 7.60. The summed E-state index contributed by atoms with van der Waals surface area (Å²) in [6.45, 7) is 0.688. The maximum absolute atomic E-state index is 12.5. The van der Waals surface area contributed by atoms with Crippen LogP contribution in [-0.4, -0.2) is 34.8 Å². The van der Waals surface area contributed by atoms with Crippen LogP contribution in [0.15, 0.2) is 30.5 Å². The fourth-order valence-electron chi connectivity index (χ4n) is 2.52. The van der Waals surface area contributed by atoms with Gasteiger partial charge in [-0.3, -0.25) is 14.5 Å². The van der Waals surface area contributed by atoms with E-state index in [9.17, 15) is 22.8 Å². The summed E-state index contributed by atoms with van der Waals surface area (Å²) in [5, 5.41) is 3.02. The Labute approximate surface area is 145 Å². The van der Waals surface area contributed by atoms with Crippen LogP contribution in [0.25, 0.3) is 0 Å². The normalized spacial score (nSPS) is 14.1. The van der Waals surface area contributed by atoms with Crippen molar-refractivity contribution in [1.29, 1.82) is 0 Å². The molecular weight excluding hydrogens is 355 g/mol. The number of hydrogen-bond acceptors (Lipinski definition) is 5. The second-order valence-corrected chi connectivity index (χ2v) is 6.50. The number of anilines is 1. The monoisotopic (exact) mass is 369 g/mol. The van der Waals surface area contributed by atoms with Gasteiger partial charge < -0.3 is 5.32 Å². The van der Waals surface area contributed by atoms with Crippen LogP contribution in [0.2, 0.25) is 0 Å². The first kappa shape index (κ1) is 17.4. The van der Waals surface area contributed by atoms with E-state index in [1.54, 1.807) is 24.3 Å². The number of carbonyl (C=O) groups is 2. The van der Waals surface area contributed by atoms with Crippen LogP contribution in [0.1, 0.15) is 38.4 Å². The number of alkyl halides is 3. The van der Waals surface area contributed by atoms with Gasteiger partial charge in [0.2, 0.25) is 0 Å². The molecule has 0 aliphatic carbocycles. The molecule has 25 heavy (non-hydrogen) atoms. The number of benzene rings is 1. The second-order valence-electron chi connectivity index (χ2n) is 5.47. The number of imide groups is 1. The molecule has 0 radical (unpaired) electrons. The lowest BCUT2D eigenvalue weighted by Crippen LogP contribution is -2.30. The first-order chi connectivity index (χ1) is 11.9. The molecule has 9 heteroatoms. The molecule has 1 N–H and O–H groups in total. The van der Waals surface area contributed by atoms with Crippen molar-refractivity contribution in [2.24, 2.45) is 0 Å². The lowest BCUT2D eigenvalue weighted by atomic mass is 10.1. The molecular formula is C16H14F3N3O2S. The number of fused-ring (bicyclic) bond motifs is 1. The molecule has 1 aliphatic heterocycles. The van der Waals surface area contributed by atoms with Crippen molar-refractivity contribution in [3.05, 3.63) is 46.5 Å². The van der Waals surface area contributed by atoms with Crippen LogP contribution < -0.4 is 5.32 Å². The molecule has 0 atom stereocenters. The predicted octanol–water partition coefficient (Wildman–Crippen LogP) is 3.65. The lowest BCUT2D eigenvalue weighted by Gasteiger charge is -2.13. The summed E-state index contributed by atoms with van der Waals surface area (Å²) in [6.07, 6.45) is -2.45. The molecule has 5 nitrogen and oxygen atoms in total. The minimum absolute atomic E-state index is 0.202. The van der Waals surface area contributed by atoms with Crippen LogP contribution in [0.4, 0.5) is 18.3 Å². The Morgan fingerprint density at radius 2 is 1.72 bits per heavy atom. The molecule has 132 valence electrons. The Morgan fingerprint density at radius 1 is 1.08 bits per heavy atom. The van der Waals surface area contributed by atoms with E-state index >= 15 is 0 Å². The summed E-state index contributed by atoms with van der Waals surface area (Å²) in [5.41, 5.74) is 0.821. The van der Waals surface area contributed by atoms with E-state index in [0.29, 0.717) is 41.9 Å². The second kappa shape index (κ2) is 6.83. The van der Waals surface area contributed by atoms with Crippen molar-refractivity contribution >= 4 is 28.3 Å². The first-order valence-corrected chi connectivity index (χ1v) is 8.41. The standard InChI is InChI=1S/C16H14F3N3O2S/c17-16(18,19)12-9-21-15(25-12)20-7-3-4-8-22-13(23)10-5-1-2-6-11(10)14(22)24/h1-2,5-6,9H,3-4,7-8H2,(H,20,21). The van der Waals surface area contributed by atoms with Crippen molar-refractivity contribution in [2.75, 3.05) is 18.4 Å². The van der Waals surface area contributed by atoms with Crippen molar-refractivity contribution in [2.45, 2.75) is 19.0 Å². The quantitative estimate of drug-likeness (QED) is 0.624. The number of amides is 2. The molecule has 2 heterocycles. The summed E-state index contributed by atoms with van der Waals surface area (Å²) in [4.78, 5) is 28.5. The van der Waals surface area contributed by atoms with Gasteiger partial charge in [0.1, 0.15) is 4.88 Å². The van der Waals surface area contributed by atoms with Gasteiger partial charge in [0, 0.05) is 13.1 Å². The third kappa shape index (κ3) is 3.65. The zero-order valence-corrected chi connectivity index (χ0v) is 13.8. The molecule has 1 aromatic carbocycles. The number of hydrogen-bond donors (Lipinski definition) is 1. The highest BCUT2D eigenvalue weighted by atomic mass is 32.1. The van der Waals surface area contributed by atoms with Gasteiger partial charge in [-0.2, -0.15) is 13.2 Å². The zero-order chi connectivity index (χ0) is 18.0. The average molecular weight is 369 g/mol. The van der Waals surface area contributed by atoms with E-state index in [1.807, 2.05) is 0 Å². The molecule has 0 spiro atoms. The fraction of sp³-hybridized carbons (Fsp3) is 0.312. The third-order valence-electron chi connectivity index (χ3n) is 3.75. The number of nitrogens with one attached hydrogen (secondary N) is 1. The van der Waals surface area contributed by atoms with Crippen molar-refractivity contribution < 1.29 is 22.8 Å². The van der Waals surface area contributed by atoms with Gasteiger partial charge in [-0.25, -0.2) is 4.98 Å². The Bertz CT molecular complexity index is 769. The van der Waals surface area contributed by atoms with Gasteiger partial charge in [0.05, 0.1) is 17.3 Å². The Kier molecular flexibility index (Phi) is 4.76. The Balaban J connectivity index is 1.45. The number of carbonyl (C=O) groups excluding carboxylic acids is 2. The van der Waals surface area contributed by atoms with E-state index in [4.69, 9.17) is 0 Å². The van der Waals surface area contributed by atoms with Crippen LogP contribution in [0, 0.1) is 0 Å². The Hall–Kier alpha value is -2.42. The molecule has 0 saturated carbocycles. The summed E-state index contributed by atoms with van der Waals surface area (Å²) < 4.78 is 37.4. The summed E-state index contributed by atoms with van der Waals surface area (Å²) in [5.74, 6) is -0.605. The molecule has 0 bridgehead atoms. The number of aromatic nitrogens is 1. The van der Waals surface area contributed by atoms with E-state index < -0.39 is 11.1 Å². The van der Waals surface area contributed by atoms with Gasteiger partial charge in [0.15, 0.2) is 5.13 Å². The molecule has 1 aliphatic rings. The lowest BCUT2D eigenvalue weighted by molar-refractivity contribution is -0.134. The van der Waals surface area contributed by atoms with E-state index in [0.717, 1.165) is 6.20 Å². The topological polar surface area (TPSA) is 62.3 Å². The van der Waals surface area contributed by atoms with Gasteiger partial charge >= 0.3 is 6.18 Å². The number of halogens is 3. The largest absolute Gasteiger partial charge is 0.427 e. The molecule has 2 amide bonds. The average Bonchev–Trinajstić information content (AvgIpc) is 3.14. The third-order valence-corrected chi connectivity index (χ3v) is 4.75. The van der Waals surface area contributed by atoms with Crippen molar-refractivity contribution in [3.8, 4) is 0 Å². The number of thiazole rings is 1. The molecule has 3 rings (SSSR count). The van der Waals surface area contributed by atoms with Crippen LogP contribution in [-0.2, 0) is 6.18 Å². The molecule has 0 unspecified atom stereocenters.